The Hall–Kier alpha value is -2.06. The Morgan fingerprint density at radius 3 is 2.31 bits per heavy atom. The highest BCUT2D eigenvalue weighted by molar-refractivity contribution is 7.93. The maximum atomic E-state index is 12.8. The van der Waals surface area contributed by atoms with Crippen LogP contribution >= 0.6 is 0 Å². The van der Waals surface area contributed by atoms with Crippen molar-refractivity contribution < 1.29 is 21.6 Å². The Labute approximate surface area is 155 Å². The molecule has 142 valence electrons. The first-order chi connectivity index (χ1) is 12.0. The fourth-order valence-corrected chi connectivity index (χ4v) is 4.51. The number of anilines is 1. The zero-order chi connectivity index (χ0) is 19.5. The first-order valence-corrected chi connectivity index (χ1v) is 11.4. The van der Waals surface area contributed by atoms with Crippen molar-refractivity contribution in [2.45, 2.75) is 30.1 Å². The van der Waals surface area contributed by atoms with Crippen LogP contribution in [0, 0.1) is 5.92 Å². The van der Waals surface area contributed by atoms with Crippen LogP contribution in [-0.4, -0.2) is 30.2 Å². The Morgan fingerprint density at radius 2 is 1.73 bits per heavy atom. The summed E-state index contributed by atoms with van der Waals surface area (Å²) < 4.78 is 56.7. The molecule has 0 aliphatic rings. The first kappa shape index (κ1) is 20.3. The van der Waals surface area contributed by atoms with E-state index in [1.54, 1.807) is 18.2 Å². The molecule has 0 fully saturated rings. The zero-order valence-corrected chi connectivity index (χ0v) is 16.8. The normalized spacial score (nSPS) is 12.2. The predicted molar refractivity (Wildman–Crippen MR) is 102 cm³/mol. The van der Waals surface area contributed by atoms with Gasteiger partial charge in [-0.2, -0.15) is 0 Å². The van der Waals surface area contributed by atoms with Crippen molar-refractivity contribution in [2.24, 2.45) is 5.92 Å². The van der Waals surface area contributed by atoms with Gasteiger partial charge in [0.15, 0.2) is 9.84 Å². The Morgan fingerprint density at radius 1 is 1.04 bits per heavy atom. The summed E-state index contributed by atoms with van der Waals surface area (Å²) in [5.41, 5.74) is 1.42. The van der Waals surface area contributed by atoms with Gasteiger partial charge in [-0.3, -0.25) is 4.72 Å². The summed E-state index contributed by atoms with van der Waals surface area (Å²) in [6.45, 7) is 4.16. The van der Waals surface area contributed by atoms with Crippen LogP contribution < -0.4 is 9.46 Å². The number of sulfonamides is 1. The van der Waals surface area contributed by atoms with E-state index >= 15 is 0 Å². The molecule has 0 aromatic heterocycles. The fourth-order valence-electron chi connectivity index (χ4n) is 2.54. The lowest BCUT2D eigenvalue weighted by atomic mass is 10.0. The molecule has 2 aromatic rings. The van der Waals surface area contributed by atoms with Crippen LogP contribution in [-0.2, 0) is 26.3 Å². The molecule has 0 aliphatic heterocycles. The second-order valence-electron chi connectivity index (χ2n) is 6.49. The second kappa shape index (κ2) is 7.67. The van der Waals surface area contributed by atoms with Gasteiger partial charge in [-0.1, -0.05) is 26.0 Å². The van der Waals surface area contributed by atoms with Crippen molar-refractivity contribution in [3.05, 3.63) is 48.0 Å². The molecule has 2 rings (SSSR count). The molecule has 0 aliphatic carbocycles. The van der Waals surface area contributed by atoms with Crippen molar-refractivity contribution in [1.82, 2.24) is 0 Å². The molecule has 26 heavy (non-hydrogen) atoms. The van der Waals surface area contributed by atoms with Gasteiger partial charge in [0.1, 0.15) is 10.6 Å². The van der Waals surface area contributed by atoms with E-state index in [9.17, 15) is 16.8 Å². The minimum absolute atomic E-state index is 0.0724. The van der Waals surface area contributed by atoms with E-state index < -0.39 is 19.9 Å². The van der Waals surface area contributed by atoms with Crippen LogP contribution in [0.2, 0.25) is 0 Å². The number of hydrogen-bond acceptors (Lipinski definition) is 5. The summed E-state index contributed by atoms with van der Waals surface area (Å²) in [4.78, 5) is -0.315. The number of methoxy groups -OCH3 is 1. The molecule has 0 heterocycles. The number of sulfone groups is 1. The van der Waals surface area contributed by atoms with Gasteiger partial charge in [-0.05, 0) is 48.2 Å². The summed E-state index contributed by atoms with van der Waals surface area (Å²) in [6, 6.07) is 10.9. The summed E-state index contributed by atoms with van der Waals surface area (Å²) in [5.74, 6) is 0.511. The average Bonchev–Trinajstić information content (AvgIpc) is 2.52. The fraction of sp³-hybridized carbons (Fsp3) is 0.333. The van der Waals surface area contributed by atoms with Crippen LogP contribution in [0.1, 0.15) is 19.4 Å². The van der Waals surface area contributed by atoms with Gasteiger partial charge in [0, 0.05) is 11.9 Å². The number of nitrogens with one attached hydrogen (secondary N) is 1. The molecule has 1 N–H and O–H groups in total. The molecule has 2 aromatic carbocycles. The van der Waals surface area contributed by atoms with Crippen molar-refractivity contribution in [2.75, 3.05) is 18.1 Å². The molecular formula is C18H23NO5S2. The van der Waals surface area contributed by atoms with Gasteiger partial charge in [0.2, 0.25) is 0 Å². The molecule has 0 radical (unpaired) electrons. The molecule has 6 nitrogen and oxygen atoms in total. The average molecular weight is 398 g/mol. The minimum Gasteiger partial charge on any atom is -0.495 e. The van der Waals surface area contributed by atoms with Gasteiger partial charge in [0.25, 0.3) is 10.0 Å². The van der Waals surface area contributed by atoms with Crippen LogP contribution in [0.4, 0.5) is 5.69 Å². The van der Waals surface area contributed by atoms with Crippen LogP contribution in [0.25, 0.3) is 0 Å². The molecule has 0 saturated heterocycles. The van der Waals surface area contributed by atoms with Gasteiger partial charge in [-0.25, -0.2) is 16.8 Å². The lowest BCUT2D eigenvalue weighted by molar-refractivity contribution is 0.402. The van der Waals surface area contributed by atoms with Crippen LogP contribution in [0.15, 0.2) is 52.3 Å². The lowest BCUT2D eigenvalue weighted by Crippen LogP contribution is -2.15. The van der Waals surface area contributed by atoms with E-state index in [1.807, 2.05) is 6.07 Å². The highest BCUT2D eigenvalue weighted by atomic mass is 32.2. The standard InChI is InChI=1S/C18H23NO5S2/c1-13(2)10-14-6-5-7-15(11-14)19-26(22,23)18-12-16(25(4,20)21)8-9-17(18)24-3/h5-9,11-13,19H,10H2,1-4H3. The third-order valence-electron chi connectivity index (χ3n) is 3.68. The Balaban J connectivity index is 2.44. The second-order valence-corrected chi connectivity index (χ2v) is 10.2. The summed E-state index contributed by atoms with van der Waals surface area (Å²) in [7, 11) is -6.24. The third-order valence-corrected chi connectivity index (χ3v) is 6.19. The van der Waals surface area contributed by atoms with E-state index in [2.05, 4.69) is 18.6 Å². The molecule has 0 spiro atoms. The SMILES string of the molecule is COc1ccc(S(C)(=O)=O)cc1S(=O)(=O)Nc1cccc(CC(C)C)c1. The monoisotopic (exact) mass is 397 g/mol. The van der Waals surface area contributed by atoms with Gasteiger partial charge in [0.05, 0.1) is 12.0 Å². The molecule has 0 bridgehead atoms. The van der Waals surface area contributed by atoms with Crippen molar-refractivity contribution in [1.29, 1.82) is 0 Å². The quantitative estimate of drug-likeness (QED) is 0.775. The third kappa shape index (κ3) is 4.98. The Kier molecular flexibility index (Phi) is 5.98. The van der Waals surface area contributed by atoms with E-state index in [-0.39, 0.29) is 15.5 Å². The van der Waals surface area contributed by atoms with Crippen LogP contribution in [0.3, 0.4) is 0 Å². The highest BCUT2D eigenvalue weighted by Gasteiger charge is 2.22. The number of rotatable bonds is 7. The molecule has 0 amide bonds. The number of ether oxygens (including phenoxy) is 1. The van der Waals surface area contributed by atoms with Crippen molar-refractivity contribution in [3.63, 3.8) is 0 Å². The maximum Gasteiger partial charge on any atom is 0.265 e. The lowest BCUT2D eigenvalue weighted by Gasteiger charge is -2.14. The smallest absolute Gasteiger partial charge is 0.265 e. The summed E-state index contributed by atoms with van der Waals surface area (Å²) in [5, 5.41) is 0. The van der Waals surface area contributed by atoms with E-state index in [0.717, 1.165) is 24.3 Å². The number of hydrogen-bond donors (Lipinski definition) is 1. The number of benzene rings is 2. The summed E-state index contributed by atoms with van der Waals surface area (Å²) in [6.07, 6.45) is 1.84. The predicted octanol–water partition coefficient (Wildman–Crippen LogP) is 3.10. The van der Waals surface area contributed by atoms with Crippen LogP contribution in [0.5, 0.6) is 5.75 Å². The largest absolute Gasteiger partial charge is 0.495 e. The van der Waals surface area contributed by atoms with Crippen molar-refractivity contribution in [3.8, 4) is 5.75 Å². The Bertz CT molecular complexity index is 996. The van der Waals surface area contributed by atoms with E-state index in [0.29, 0.717) is 11.6 Å². The van der Waals surface area contributed by atoms with Gasteiger partial charge < -0.3 is 4.74 Å². The maximum absolute atomic E-state index is 12.8. The molecule has 8 heteroatoms. The van der Waals surface area contributed by atoms with Crippen molar-refractivity contribution >= 4 is 25.5 Å². The molecular weight excluding hydrogens is 374 g/mol. The zero-order valence-electron chi connectivity index (χ0n) is 15.2. The van der Waals surface area contributed by atoms with Gasteiger partial charge >= 0.3 is 0 Å². The van der Waals surface area contributed by atoms with E-state index in [1.165, 1.54) is 19.2 Å². The highest BCUT2D eigenvalue weighted by Crippen LogP contribution is 2.29. The summed E-state index contributed by atoms with van der Waals surface area (Å²) >= 11 is 0. The van der Waals surface area contributed by atoms with Gasteiger partial charge in [-0.15, -0.1) is 0 Å². The topological polar surface area (TPSA) is 89.5 Å². The molecule has 0 unspecified atom stereocenters. The minimum atomic E-state index is -4.02. The first-order valence-electron chi connectivity index (χ1n) is 8.03. The molecule has 0 saturated carbocycles. The van der Waals surface area contributed by atoms with E-state index in [4.69, 9.17) is 4.74 Å². The molecule has 0 atom stereocenters.